The molecule has 1 heterocycles. The molecule has 4 N–H and O–H groups in total. The molecule has 5 nitrogen and oxygen atoms in total. The summed E-state index contributed by atoms with van der Waals surface area (Å²) in [6.45, 7) is 6.53. The molecule has 0 atom stereocenters. The maximum atomic E-state index is 11.8. The number of aromatic nitrogens is 2. The molecule has 5 heteroatoms. The molecule has 1 amide bonds. The van der Waals surface area contributed by atoms with E-state index in [9.17, 15) is 4.79 Å². The van der Waals surface area contributed by atoms with Crippen molar-refractivity contribution < 1.29 is 4.79 Å². The summed E-state index contributed by atoms with van der Waals surface area (Å²) in [6.07, 6.45) is 4.75. The Morgan fingerprint density at radius 3 is 2.82 bits per heavy atom. The van der Waals surface area contributed by atoms with Crippen molar-refractivity contribution in [2.24, 2.45) is 0 Å². The van der Waals surface area contributed by atoms with E-state index in [2.05, 4.69) is 15.5 Å². The number of nitrogens with zero attached hydrogens (tertiary/aromatic N) is 1. The van der Waals surface area contributed by atoms with E-state index in [1.54, 1.807) is 0 Å². The zero-order valence-corrected chi connectivity index (χ0v) is 10.6. The molecular weight excluding hydrogens is 216 g/mol. The lowest BCUT2D eigenvalue weighted by atomic mass is 10.1. The lowest BCUT2D eigenvalue weighted by molar-refractivity contribution is 0.0950. The van der Waals surface area contributed by atoms with Crippen LogP contribution in [0.1, 0.15) is 49.3 Å². The van der Waals surface area contributed by atoms with Crippen molar-refractivity contribution in [1.29, 1.82) is 0 Å². The summed E-state index contributed by atoms with van der Waals surface area (Å²) in [4.78, 5) is 11.8. The lowest BCUT2D eigenvalue weighted by Gasteiger charge is -2.03. The monoisotopic (exact) mass is 236 g/mol. The third-order valence-corrected chi connectivity index (χ3v) is 2.46. The van der Waals surface area contributed by atoms with E-state index in [0.717, 1.165) is 12.1 Å². The number of anilines is 1. The first kappa shape index (κ1) is 13.3. The highest BCUT2D eigenvalue weighted by Gasteiger charge is 2.18. The van der Waals surface area contributed by atoms with Gasteiger partial charge in [-0.3, -0.25) is 9.89 Å². The number of nitrogens with two attached hydrogens (primary N) is 1. The quantitative estimate of drug-likeness (QED) is 0.538. The average molecular weight is 236 g/mol. The van der Waals surface area contributed by atoms with E-state index in [0.29, 0.717) is 12.2 Å². The van der Waals surface area contributed by atoms with Crippen LogP contribution < -0.4 is 11.1 Å². The first-order valence-electron chi connectivity index (χ1n) is 5.81. The fourth-order valence-electron chi connectivity index (χ4n) is 1.50. The third kappa shape index (κ3) is 3.34. The van der Waals surface area contributed by atoms with Gasteiger partial charge in [-0.25, -0.2) is 0 Å². The van der Waals surface area contributed by atoms with Gasteiger partial charge in [-0.05, 0) is 19.3 Å². The normalized spacial score (nSPS) is 11.3. The Morgan fingerprint density at radius 1 is 1.59 bits per heavy atom. The molecule has 0 aromatic carbocycles. The number of carbonyl (C=O) groups excluding carboxylic acids is 1. The fraction of sp³-hybridized carbons (Fsp3) is 0.500. The standard InChI is InChI=1S/C12H20N4O/c1-4-5-6-7-14-12(17)11-9(13)10(8(2)3)15-16-11/h4-5,8H,6-7,13H2,1-3H3,(H,14,17)(H,15,16)/b5-4+. The number of hydrogen-bond acceptors (Lipinski definition) is 3. The van der Waals surface area contributed by atoms with E-state index in [4.69, 9.17) is 5.73 Å². The molecule has 0 radical (unpaired) electrons. The van der Waals surface area contributed by atoms with Crippen molar-refractivity contribution in [3.8, 4) is 0 Å². The second-order valence-electron chi connectivity index (χ2n) is 4.17. The maximum Gasteiger partial charge on any atom is 0.273 e. The van der Waals surface area contributed by atoms with Crippen molar-refractivity contribution in [3.05, 3.63) is 23.5 Å². The van der Waals surface area contributed by atoms with Crippen molar-refractivity contribution in [2.75, 3.05) is 12.3 Å². The number of carbonyl (C=O) groups is 1. The van der Waals surface area contributed by atoms with Crippen LogP contribution in [0.5, 0.6) is 0 Å². The predicted octanol–water partition coefficient (Wildman–Crippen LogP) is 1.81. The Labute approximate surface area is 101 Å². The molecule has 0 aliphatic heterocycles. The van der Waals surface area contributed by atoms with Gasteiger partial charge in [0.15, 0.2) is 5.69 Å². The van der Waals surface area contributed by atoms with E-state index < -0.39 is 0 Å². The van der Waals surface area contributed by atoms with Gasteiger partial charge in [-0.15, -0.1) is 0 Å². The van der Waals surface area contributed by atoms with Crippen LogP contribution in [0.2, 0.25) is 0 Å². The molecule has 0 saturated heterocycles. The van der Waals surface area contributed by atoms with Crippen LogP contribution in [0.15, 0.2) is 12.2 Å². The number of nitrogen functional groups attached to an aromatic ring is 1. The molecule has 0 fully saturated rings. The summed E-state index contributed by atoms with van der Waals surface area (Å²) in [7, 11) is 0. The number of allylic oxidation sites excluding steroid dienone is 1. The van der Waals surface area contributed by atoms with Gasteiger partial charge in [0.1, 0.15) is 0 Å². The molecule has 1 rings (SSSR count). The number of amides is 1. The summed E-state index contributed by atoms with van der Waals surface area (Å²) in [6, 6.07) is 0. The van der Waals surface area contributed by atoms with Crippen molar-refractivity contribution >= 4 is 11.6 Å². The molecule has 17 heavy (non-hydrogen) atoms. The van der Waals surface area contributed by atoms with Gasteiger partial charge in [-0.2, -0.15) is 5.10 Å². The topological polar surface area (TPSA) is 83.8 Å². The van der Waals surface area contributed by atoms with Crippen molar-refractivity contribution in [1.82, 2.24) is 15.5 Å². The highest BCUT2D eigenvalue weighted by atomic mass is 16.1. The van der Waals surface area contributed by atoms with E-state index in [1.165, 1.54) is 0 Å². The van der Waals surface area contributed by atoms with Gasteiger partial charge >= 0.3 is 0 Å². The average Bonchev–Trinajstić information content (AvgIpc) is 2.66. The minimum absolute atomic E-state index is 0.227. The van der Waals surface area contributed by atoms with Gasteiger partial charge in [-0.1, -0.05) is 26.0 Å². The fourth-order valence-corrected chi connectivity index (χ4v) is 1.50. The van der Waals surface area contributed by atoms with Crippen molar-refractivity contribution in [3.63, 3.8) is 0 Å². The Balaban J connectivity index is 2.63. The number of hydrogen-bond donors (Lipinski definition) is 3. The van der Waals surface area contributed by atoms with E-state index in [-0.39, 0.29) is 17.5 Å². The molecule has 1 aromatic rings. The molecule has 0 unspecified atom stereocenters. The minimum atomic E-state index is -0.227. The van der Waals surface area contributed by atoms with Gasteiger partial charge in [0.05, 0.1) is 11.4 Å². The van der Waals surface area contributed by atoms with Crippen LogP contribution in [0, 0.1) is 0 Å². The lowest BCUT2D eigenvalue weighted by Crippen LogP contribution is -2.25. The van der Waals surface area contributed by atoms with Crippen LogP contribution in [0.25, 0.3) is 0 Å². The molecule has 0 spiro atoms. The molecule has 0 saturated carbocycles. The van der Waals surface area contributed by atoms with Crippen LogP contribution in [0.4, 0.5) is 5.69 Å². The Hall–Kier alpha value is -1.78. The summed E-state index contributed by atoms with van der Waals surface area (Å²) >= 11 is 0. The number of aromatic amines is 1. The highest BCUT2D eigenvalue weighted by molar-refractivity contribution is 5.97. The first-order chi connectivity index (χ1) is 8.07. The maximum absolute atomic E-state index is 11.8. The zero-order chi connectivity index (χ0) is 12.8. The largest absolute Gasteiger partial charge is 0.395 e. The third-order valence-electron chi connectivity index (χ3n) is 2.46. The zero-order valence-electron chi connectivity index (χ0n) is 10.6. The second kappa shape index (κ2) is 6.08. The molecule has 94 valence electrons. The van der Waals surface area contributed by atoms with Gasteiger partial charge < -0.3 is 11.1 Å². The smallest absolute Gasteiger partial charge is 0.273 e. The first-order valence-corrected chi connectivity index (χ1v) is 5.81. The Kier molecular flexibility index (Phi) is 4.75. The van der Waals surface area contributed by atoms with Crippen LogP contribution in [-0.4, -0.2) is 22.6 Å². The Bertz CT molecular complexity index is 407. The minimum Gasteiger partial charge on any atom is -0.395 e. The summed E-state index contributed by atoms with van der Waals surface area (Å²) in [5.41, 5.74) is 7.41. The summed E-state index contributed by atoms with van der Waals surface area (Å²) in [5.74, 6) is 0.00206. The van der Waals surface area contributed by atoms with E-state index in [1.807, 2.05) is 32.9 Å². The SMILES string of the molecule is C/C=C/CCNC(=O)c1n[nH]c(C(C)C)c1N. The van der Waals surface area contributed by atoms with E-state index >= 15 is 0 Å². The molecule has 1 aromatic heterocycles. The predicted molar refractivity (Wildman–Crippen MR) is 68.9 cm³/mol. The van der Waals surface area contributed by atoms with Gasteiger partial charge in [0.25, 0.3) is 5.91 Å². The number of nitrogens with one attached hydrogen (secondary N) is 2. The molecule has 0 aliphatic rings. The highest BCUT2D eigenvalue weighted by Crippen LogP contribution is 2.21. The molecule has 0 bridgehead atoms. The van der Waals surface area contributed by atoms with Gasteiger partial charge in [0, 0.05) is 6.54 Å². The molecule has 0 aliphatic carbocycles. The second-order valence-corrected chi connectivity index (χ2v) is 4.17. The Morgan fingerprint density at radius 2 is 2.29 bits per heavy atom. The molecular formula is C12H20N4O. The van der Waals surface area contributed by atoms with Crippen LogP contribution in [-0.2, 0) is 0 Å². The van der Waals surface area contributed by atoms with Crippen molar-refractivity contribution in [2.45, 2.75) is 33.1 Å². The summed E-state index contributed by atoms with van der Waals surface area (Å²) < 4.78 is 0. The summed E-state index contributed by atoms with van der Waals surface area (Å²) in [5, 5.41) is 9.54. The van der Waals surface area contributed by atoms with Gasteiger partial charge in [0.2, 0.25) is 0 Å². The number of H-pyrrole nitrogens is 1. The number of rotatable bonds is 5. The van der Waals surface area contributed by atoms with Crippen LogP contribution >= 0.6 is 0 Å². The van der Waals surface area contributed by atoms with Crippen LogP contribution in [0.3, 0.4) is 0 Å².